The van der Waals surface area contributed by atoms with Crippen LogP contribution in [0.25, 0.3) is 0 Å². The first-order chi connectivity index (χ1) is 21.3. The van der Waals surface area contributed by atoms with E-state index in [1.165, 1.54) is 22.3 Å². The molecule has 0 aromatic heterocycles. The van der Waals surface area contributed by atoms with Gasteiger partial charge in [0.15, 0.2) is 6.61 Å². The standard InChI is InChI=1S/C38H36N2O2S/c1-5-13-32(14-6-1)28-39-42-26-25-41-36-23-21-31(22-24-36)27-37-29-40(30-43-37)38(33-15-7-2-8-16-33,34-17-9-3-10-18-34)35-19-11-4-12-20-35/h1-24,28,37H,25-27,29-30H2. The zero-order chi connectivity index (χ0) is 29.2. The summed E-state index contributed by atoms with van der Waals surface area (Å²) >= 11 is 2.04. The SMILES string of the molecule is C(=NOCCOc1ccc(CC2CN(C(c3ccccc3)(c3ccccc3)c3ccccc3)CS2)cc1)c1ccccc1. The van der Waals surface area contributed by atoms with E-state index < -0.39 is 0 Å². The molecule has 0 spiro atoms. The molecule has 0 amide bonds. The Bertz CT molecular complexity index is 1470. The summed E-state index contributed by atoms with van der Waals surface area (Å²) in [5.41, 5.74) is 5.85. The molecule has 5 aromatic carbocycles. The number of nitrogens with zero attached hydrogens (tertiary/aromatic N) is 2. The minimum absolute atomic E-state index is 0.365. The van der Waals surface area contributed by atoms with Crippen molar-refractivity contribution in [3.8, 4) is 5.75 Å². The molecule has 5 heteroatoms. The molecule has 4 nitrogen and oxygen atoms in total. The van der Waals surface area contributed by atoms with E-state index in [0.29, 0.717) is 18.5 Å². The van der Waals surface area contributed by atoms with Crippen molar-refractivity contribution in [2.24, 2.45) is 5.16 Å². The lowest BCUT2D eigenvalue weighted by atomic mass is 9.75. The third-order valence-corrected chi connectivity index (χ3v) is 9.09. The highest BCUT2D eigenvalue weighted by Gasteiger charge is 2.45. The lowest BCUT2D eigenvalue weighted by molar-refractivity contribution is 0.108. The van der Waals surface area contributed by atoms with Gasteiger partial charge in [0.1, 0.15) is 12.4 Å². The molecular formula is C38H36N2O2S. The highest BCUT2D eigenvalue weighted by atomic mass is 32.2. The van der Waals surface area contributed by atoms with Crippen LogP contribution in [0.15, 0.2) is 151 Å². The average Bonchev–Trinajstić information content (AvgIpc) is 3.54. The van der Waals surface area contributed by atoms with Crippen LogP contribution in [0.1, 0.15) is 27.8 Å². The van der Waals surface area contributed by atoms with Crippen molar-refractivity contribution in [3.05, 3.63) is 173 Å². The van der Waals surface area contributed by atoms with E-state index in [0.717, 1.165) is 30.2 Å². The minimum Gasteiger partial charge on any atom is -0.490 e. The predicted octanol–water partition coefficient (Wildman–Crippen LogP) is 8.03. The third kappa shape index (κ3) is 6.85. The Hall–Kier alpha value is -4.32. The molecule has 1 atom stereocenters. The van der Waals surface area contributed by atoms with Crippen molar-refractivity contribution >= 4 is 18.0 Å². The first kappa shape index (κ1) is 28.8. The number of hydrogen-bond donors (Lipinski definition) is 0. The summed E-state index contributed by atoms with van der Waals surface area (Å²) in [5.74, 6) is 1.80. The van der Waals surface area contributed by atoms with Crippen LogP contribution in [0.5, 0.6) is 5.75 Å². The van der Waals surface area contributed by atoms with Crippen LogP contribution in [-0.4, -0.2) is 42.0 Å². The molecule has 5 aromatic rings. The van der Waals surface area contributed by atoms with Gasteiger partial charge in [-0.25, -0.2) is 0 Å². The van der Waals surface area contributed by atoms with Crippen molar-refractivity contribution < 1.29 is 9.57 Å². The van der Waals surface area contributed by atoms with E-state index >= 15 is 0 Å². The topological polar surface area (TPSA) is 34.1 Å². The van der Waals surface area contributed by atoms with E-state index in [9.17, 15) is 0 Å². The molecule has 0 aliphatic carbocycles. The molecular weight excluding hydrogens is 548 g/mol. The first-order valence-corrected chi connectivity index (χ1v) is 15.8. The molecule has 1 aliphatic rings. The molecule has 43 heavy (non-hydrogen) atoms. The van der Waals surface area contributed by atoms with Crippen LogP contribution in [0.3, 0.4) is 0 Å². The summed E-state index contributed by atoms with van der Waals surface area (Å²) in [7, 11) is 0. The zero-order valence-electron chi connectivity index (χ0n) is 24.2. The number of ether oxygens (including phenoxy) is 1. The smallest absolute Gasteiger partial charge is 0.151 e. The van der Waals surface area contributed by atoms with E-state index in [1.807, 2.05) is 42.1 Å². The normalized spacial score (nSPS) is 15.5. The van der Waals surface area contributed by atoms with Crippen molar-refractivity contribution in [1.82, 2.24) is 4.90 Å². The lowest BCUT2D eigenvalue weighted by Gasteiger charge is -2.43. The van der Waals surface area contributed by atoms with Gasteiger partial charge in [-0.2, -0.15) is 0 Å². The Kier molecular flexibility index (Phi) is 9.53. The van der Waals surface area contributed by atoms with Crippen LogP contribution in [0.2, 0.25) is 0 Å². The fourth-order valence-electron chi connectivity index (χ4n) is 5.86. The second kappa shape index (κ2) is 14.2. The van der Waals surface area contributed by atoms with Gasteiger partial charge in [0.25, 0.3) is 0 Å². The van der Waals surface area contributed by atoms with Crippen molar-refractivity contribution in [2.45, 2.75) is 17.2 Å². The predicted molar refractivity (Wildman–Crippen MR) is 178 cm³/mol. The fraction of sp³-hybridized carbons (Fsp3) is 0.184. The van der Waals surface area contributed by atoms with Gasteiger partial charge in [0.2, 0.25) is 0 Å². The number of thioether (sulfide) groups is 1. The van der Waals surface area contributed by atoms with Crippen LogP contribution >= 0.6 is 11.8 Å². The second-order valence-electron chi connectivity index (χ2n) is 10.6. The summed E-state index contributed by atoms with van der Waals surface area (Å²) in [6, 6.07) is 51.3. The molecule has 0 N–H and O–H groups in total. The average molecular weight is 585 g/mol. The summed E-state index contributed by atoms with van der Waals surface area (Å²) in [6.07, 6.45) is 2.72. The Balaban J connectivity index is 1.11. The van der Waals surface area contributed by atoms with Gasteiger partial charge in [-0.15, -0.1) is 11.8 Å². The van der Waals surface area contributed by atoms with Crippen LogP contribution < -0.4 is 4.74 Å². The Morgan fingerprint density at radius 1 is 0.674 bits per heavy atom. The molecule has 216 valence electrons. The molecule has 1 saturated heterocycles. The lowest BCUT2D eigenvalue weighted by Crippen LogP contribution is -2.47. The Labute approximate surface area is 259 Å². The molecule has 6 rings (SSSR count). The van der Waals surface area contributed by atoms with E-state index in [4.69, 9.17) is 9.57 Å². The third-order valence-electron chi connectivity index (χ3n) is 7.85. The van der Waals surface area contributed by atoms with Crippen molar-refractivity contribution in [1.29, 1.82) is 0 Å². The van der Waals surface area contributed by atoms with Gasteiger partial charge in [0.05, 0.1) is 11.8 Å². The molecule has 1 fully saturated rings. The molecule has 1 heterocycles. The summed E-state index contributed by atoms with van der Waals surface area (Å²) in [4.78, 5) is 8.01. The van der Waals surface area contributed by atoms with Crippen LogP contribution in [0.4, 0.5) is 0 Å². The second-order valence-corrected chi connectivity index (χ2v) is 11.9. The van der Waals surface area contributed by atoms with Gasteiger partial charge < -0.3 is 9.57 Å². The molecule has 0 saturated carbocycles. The van der Waals surface area contributed by atoms with E-state index in [-0.39, 0.29) is 5.54 Å². The quantitative estimate of drug-likeness (QED) is 0.0644. The van der Waals surface area contributed by atoms with Crippen molar-refractivity contribution in [3.63, 3.8) is 0 Å². The molecule has 1 unspecified atom stereocenters. The molecule has 1 aliphatic heterocycles. The maximum Gasteiger partial charge on any atom is 0.151 e. The number of rotatable bonds is 12. The maximum absolute atomic E-state index is 5.88. The largest absolute Gasteiger partial charge is 0.490 e. The first-order valence-electron chi connectivity index (χ1n) is 14.8. The van der Waals surface area contributed by atoms with Gasteiger partial charge in [-0.1, -0.05) is 139 Å². The molecule has 0 bridgehead atoms. The van der Waals surface area contributed by atoms with Gasteiger partial charge in [-0.3, -0.25) is 4.90 Å². The number of hydrogen-bond acceptors (Lipinski definition) is 5. The van der Waals surface area contributed by atoms with Gasteiger partial charge in [-0.05, 0) is 46.4 Å². The minimum atomic E-state index is -0.365. The highest BCUT2D eigenvalue weighted by Crippen LogP contribution is 2.46. The summed E-state index contributed by atoms with van der Waals surface area (Å²) in [5, 5.41) is 4.50. The van der Waals surface area contributed by atoms with E-state index in [1.54, 1.807) is 6.21 Å². The fourth-order valence-corrected chi connectivity index (χ4v) is 7.15. The van der Waals surface area contributed by atoms with Crippen LogP contribution in [-0.2, 0) is 16.8 Å². The Morgan fingerprint density at radius 2 is 1.21 bits per heavy atom. The highest BCUT2D eigenvalue weighted by molar-refractivity contribution is 8.00. The van der Waals surface area contributed by atoms with Gasteiger partial charge >= 0.3 is 0 Å². The van der Waals surface area contributed by atoms with Crippen molar-refractivity contribution in [2.75, 3.05) is 25.6 Å². The van der Waals surface area contributed by atoms with E-state index in [2.05, 4.69) is 125 Å². The van der Waals surface area contributed by atoms with Gasteiger partial charge in [0, 0.05) is 17.7 Å². The maximum atomic E-state index is 5.88. The zero-order valence-corrected chi connectivity index (χ0v) is 25.0. The summed E-state index contributed by atoms with van der Waals surface area (Å²) < 4.78 is 5.88. The summed E-state index contributed by atoms with van der Waals surface area (Å²) in [6.45, 7) is 1.83. The van der Waals surface area contributed by atoms with Crippen LogP contribution in [0, 0.1) is 0 Å². The monoisotopic (exact) mass is 584 g/mol. The Morgan fingerprint density at radius 3 is 1.77 bits per heavy atom. The molecule has 0 radical (unpaired) electrons. The number of benzene rings is 5. The number of oxime groups is 1.